The minimum Gasteiger partial charge on any atom is -0.493 e. The third-order valence-electron chi connectivity index (χ3n) is 6.43. The first-order chi connectivity index (χ1) is 20.1. The Morgan fingerprint density at radius 3 is 2.14 bits per heavy atom. The summed E-state index contributed by atoms with van der Waals surface area (Å²) < 4.78 is 57.8. The lowest BCUT2D eigenvalue weighted by Crippen LogP contribution is -2.31. The van der Waals surface area contributed by atoms with Crippen LogP contribution in [-0.4, -0.2) is 31.4 Å². The van der Waals surface area contributed by atoms with E-state index in [0.29, 0.717) is 17.7 Å². The second-order valence-corrected chi connectivity index (χ2v) is 9.33. The van der Waals surface area contributed by atoms with Gasteiger partial charge in [-0.25, -0.2) is 4.79 Å². The van der Waals surface area contributed by atoms with Gasteiger partial charge in [0.1, 0.15) is 5.75 Å². The summed E-state index contributed by atoms with van der Waals surface area (Å²) in [6.45, 7) is -0.325. The molecule has 4 aromatic rings. The zero-order valence-corrected chi connectivity index (χ0v) is 22.9. The van der Waals surface area contributed by atoms with E-state index in [1.54, 1.807) is 18.2 Å². The molecule has 10 heteroatoms. The molecule has 0 aliphatic carbocycles. The first-order valence-corrected chi connectivity index (χ1v) is 12.8. The molecule has 0 heterocycles. The van der Waals surface area contributed by atoms with Gasteiger partial charge in [0.15, 0.2) is 11.5 Å². The predicted octanol–water partition coefficient (Wildman–Crippen LogP) is 7.50. The van der Waals surface area contributed by atoms with Crippen LogP contribution in [0.3, 0.4) is 0 Å². The van der Waals surface area contributed by atoms with Crippen LogP contribution in [0.4, 0.5) is 23.7 Å². The van der Waals surface area contributed by atoms with Crippen LogP contribution in [0.2, 0.25) is 0 Å². The molecule has 0 unspecified atom stereocenters. The summed E-state index contributed by atoms with van der Waals surface area (Å²) in [4.78, 5) is 25.6. The molecule has 1 amide bonds. The standard InChI is InChI=1S/C32H28F3NO6/c1-40-28-14-12-22(18-30(37)38)17-29(28)42-27-15-13-25(32(33,34)35)19-24(27)20-36(31(39)41-2)26-11-7-6-10-23(26)16-21-8-4-3-5-9-21/h3-15,17,19H,16,18,20H2,1-2H3,(H,37,38). The number of benzene rings is 4. The molecule has 0 aliphatic rings. The van der Waals surface area contributed by atoms with E-state index in [1.165, 1.54) is 31.3 Å². The summed E-state index contributed by atoms with van der Waals surface area (Å²) in [6, 6.07) is 24.1. The van der Waals surface area contributed by atoms with Crippen LogP contribution in [0.25, 0.3) is 0 Å². The summed E-state index contributed by atoms with van der Waals surface area (Å²) in [5.74, 6) is -0.702. The number of anilines is 1. The number of para-hydroxylation sites is 1. The molecule has 4 aromatic carbocycles. The van der Waals surface area contributed by atoms with Crippen molar-refractivity contribution in [2.45, 2.75) is 25.6 Å². The van der Waals surface area contributed by atoms with E-state index >= 15 is 0 Å². The van der Waals surface area contributed by atoms with Crippen molar-refractivity contribution in [3.8, 4) is 17.2 Å². The van der Waals surface area contributed by atoms with Crippen LogP contribution in [-0.2, 0) is 35.1 Å². The van der Waals surface area contributed by atoms with Gasteiger partial charge in [-0.2, -0.15) is 13.2 Å². The number of carboxylic acid groups (broad SMARTS) is 1. The van der Waals surface area contributed by atoms with E-state index in [0.717, 1.165) is 29.3 Å². The molecule has 0 fully saturated rings. The number of carbonyl (C=O) groups excluding carboxylic acids is 1. The molecule has 0 saturated heterocycles. The van der Waals surface area contributed by atoms with Crippen LogP contribution in [0.1, 0.15) is 27.8 Å². The summed E-state index contributed by atoms with van der Waals surface area (Å²) in [5, 5.41) is 9.20. The van der Waals surface area contributed by atoms with E-state index in [1.807, 2.05) is 42.5 Å². The van der Waals surface area contributed by atoms with E-state index in [9.17, 15) is 27.9 Å². The number of methoxy groups -OCH3 is 2. The van der Waals surface area contributed by atoms with Gasteiger partial charge < -0.3 is 19.3 Å². The first kappa shape index (κ1) is 30.0. The van der Waals surface area contributed by atoms with Gasteiger partial charge in [-0.3, -0.25) is 9.69 Å². The Balaban J connectivity index is 1.79. The van der Waals surface area contributed by atoms with Gasteiger partial charge in [0.25, 0.3) is 0 Å². The number of rotatable bonds is 10. The van der Waals surface area contributed by atoms with Gasteiger partial charge in [-0.05, 0) is 59.5 Å². The highest BCUT2D eigenvalue weighted by molar-refractivity contribution is 5.88. The molecule has 0 atom stereocenters. The Labute approximate surface area is 240 Å². The highest BCUT2D eigenvalue weighted by Crippen LogP contribution is 2.38. The van der Waals surface area contributed by atoms with Crippen molar-refractivity contribution in [3.63, 3.8) is 0 Å². The number of ether oxygens (including phenoxy) is 3. The molecular formula is C32H28F3NO6. The fourth-order valence-corrected chi connectivity index (χ4v) is 4.45. The second kappa shape index (κ2) is 13.1. The number of carbonyl (C=O) groups is 2. The number of hydrogen-bond donors (Lipinski definition) is 1. The number of halogens is 3. The number of nitrogens with zero attached hydrogens (tertiary/aromatic N) is 1. The topological polar surface area (TPSA) is 85.3 Å². The molecule has 0 aliphatic heterocycles. The average molecular weight is 580 g/mol. The van der Waals surface area contributed by atoms with Crippen LogP contribution >= 0.6 is 0 Å². The molecule has 42 heavy (non-hydrogen) atoms. The molecular weight excluding hydrogens is 551 g/mol. The second-order valence-electron chi connectivity index (χ2n) is 9.33. The maximum Gasteiger partial charge on any atom is 0.416 e. The summed E-state index contributed by atoms with van der Waals surface area (Å²) in [6.07, 6.45) is -5.27. The van der Waals surface area contributed by atoms with Crippen molar-refractivity contribution in [3.05, 3.63) is 119 Å². The van der Waals surface area contributed by atoms with Gasteiger partial charge in [-0.1, -0.05) is 54.6 Å². The largest absolute Gasteiger partial charge is 0.493 e. The van der Waals surface area contributed by atoms with Gasteiger partial charge in [0.05, 0.1) is 38.4 Å². The van der Waals surface area contributed by atoms with Crippen molar-refractivity contribution in [2.75, 3.05) is 19.1 Å². The van der Waals surface area contributed by atoms with Crippen LogP contribution < -0.4 is 14.4 Å². The minimum atomic E-state index is -4.66. The molecule has 0 saturated carbocycles. The molecule has 0 spiro atoms. The molecule has 218 valence electrons. The smallest absolute Gasteiger partial charge is 0.416 e. The van der Waals surface area contributed by atoms with Crippen molar-refractivity contribution in [2.24, 2.45) is 0 Å². The fourth-order valence-electron chi connectivity index (χ4n) is 4.45. The third-order valence-corrected chi connectivity index (χ3v) is 6.43. The van der Waals surface area contributed by atoms with Crippen LogP contribution in [0.5, 0.6) is 17.2 Å². The van der Waals surface area contributed by atoms with E-state index in [-0.39, 0.29) is 35.8 Å². The number of aliphatic carboxylic acids is 1. The Morgan fingerprint density at radius 1 is 0.786 bits per heavy atom. The zero-order chi connectivity index (χ0) is 30.3. The van der Waals surface area contributed by atoms with Gasteiger partial charge in [0.2, 0.25) is 0 Å². The Kier molecular flexibility index (Phi) is 9.36. The minimum absolute atomic E-state index is 0.0169. The Hall–Kier alpha value is -4.99. The number of alkyl halides is 3. The van der Waals surface area contributed by atoms with Gasteiger partial charge >= 0.3 is 18.2 Å². The van der Waals surface area contributed by atoms with Crippen molar-refractivity contribution in [1.29, 1.82) is 0 Å². The molecule has 4 rings (SSSR count). The lowest BCUT2D eigenvalue weighted by Gasteiger charge is -2.26. The van der Waals surface area contributed by atoms with E-state index < -0.39 is 23.8 Å². The number of amides is 1. The lowest BCUT2D eigenvalue weighted by atomic mass is 10.0. The van der Waals surface area contributed by atoms with E-state index in [4.69, 9.17) is 14.2 Å². The van der Waals surface area contributed by atoms with E-state index in [2.05, 4.69) is 0 Å². The van der Waals surface area contributed by atoms with Gasteiger partial charge in [-0.15, -0.1) is 0 Å². The van der Waals surface area contributed by atoms with Crippen LogP contribution in [0, 0.1) is 0 Å². The maximum absolute atomic E-state index is 13.8. The van der Waals surface area contributed by atoms with Crippen molar-refractivity contribution >= 4 is 17.7 Å². The summed E-state index contributed by atoms with van der Waals surface area (Å²) in [5.41, 5.74) is 1.70. The van der Waals surface area contributed by atoms with Crippen molar-refractivity contribution in [1.82, 2.24) is 0 Å². The molecule has 7 nitrogen and oxygen atoms in total. The summed E-state index contributed by atoms with van der Waals surface area (Å²) in [7, 11) is 2.58. The highest BCUT2D eigenvalue weighted by Gasteiger charge is 2.32. The highest BCUT2D eigenvalue weighted by atomic mass is 19.4. The zero-order valence-electron chi connectivity index (χ0n) is 22.9. The first-order valence-electron chi connectivity index (χ1n) is 12.8. The predicted molar refractivity (Wildman–Crippen MR) is 150 cm³/mol. The molecule has 0 radical (unpaired) electrons. The van der Waals surface area contributed by atoms with Crippen molar-refractivity contribution < 1.29 is 42.1 Å². The van der Waals surface area contributed by atoms with Gasteiger partial charge in [0, 0.05) is 5.56 Å². The lowest BCUT2D eigenvalue weighted by molar-refractivity contribution is -0.138. The Bertz CT molecular complexity index is 1560. The summed E-state index contributed by atoms with van der Waals surface area (Å²) >= 11 is 0. The molecule has 0 aromatic heterocycles. The quantitative estimate of drug-likeness (QED) is 0.210. The number of hydrogen-bond acceptors (Lipinski definition) is 5. The average Bonchev–Trinajstić information content (AvgIpc) is 2.96. The fraction of sp³-hybridized carbons (Fsp3) is 0.188. The monoisotopic (exact) mass is 579 g/mol. The normalized spacial score (nSPS) is 11.1. The third kappa shape index (κ3) is 7.39. The van der Waals surface area contributed by atoms with Crippen LogP contribution in [0.15, 0.2) is 91.0 Å². The molecule has 0 bridgehead atoms. The SMILES string of the molecule is COC(=O)N(Cc1cc(C(F)(F)F)ccc1Oc1cc(CC(=O)O)ccc1OC)c1ccccc1Cc1ccccc1. The molecule has 1 N–H and O–H groups in total. The maximum atomic E-state index is 13.8. The number of carboxylic acids is 1. The Morgan fingerprint density at radius 2 is 1.48 bits per heavy atom.